The van der Waals surface area contributed by atoms with E-state index < -0.39 is 10.0 Å². The van der Waals surface area contributed by atoms with Crippen molar-refractivity contribution in [3.05, 3.63) is 54.1 Å². The number of amides is 2. The van der Waals surface area contributed by atoms with Gasteiger partial charge in [0.1, 0.15) is 0 Å². The van der Waals surface area contributed by atoms with Crippen molar-refractivity contribution in [3.63, 3.8) is 0 Å². The third-order valence-electron chi connectivity index (χ3n) is 5.08. The van der Waals surface area contributed by atoms with Gasteiger partial charge in [0, 0.05) is 24.5 Å². The maximum Gasteiger partial charge on any atom is 0.321 e. The van der Waals surface area contributed by atoms with Crippen molar-refractivity contribution in [2.24, 2.45) is 0 Å². The van der Waals surface area contributed by atoms with Crippen molar-refractivity contribution in [1.29, 1.82) is 0 Å². The van der Waals surface area contributed by atoms with Gasteiger partial charge in [0.25, 0.3) is 10.0 Å². The molecule has 1 heterocycles. The Morgan fingerprint density at radius 3 is 2.17 bits per heavy atom. The minimum atomic E-state index is -3.68. The summed E-state index contributed by atoms with van der Waals surface area (Å²) in [5, 5.41) is 2.83. The molecule has 3 rings (SSSR count). The van der Waals surface area contributed by atoms with Gasteiger partial charge >= 0.3 is 6.03 Å². The molecular weight excluding hydrogens is 386 g/mol. The summed E-state index contributed by atoms with van der Waals surface area (Å²) in [6.45, 7) is 3.67. The molecule has 0 radical (unpaired) electrons. The molecule has 0 atom stereocenters. The van der Waals surface area contributed by atoms with Crippen LogP contribution in [0, 0.1) is 0 Å². The predicted octanol–water partition coefficient (Wildman–Crippen LogP) is 4.85. The van der Waals surface area contributed by atoms with Gasteiger partial charge in [-0.2, -0.15) is 0 Å². The van der Waals surface area contributed by atoms with E-state index in [2.05, 4.69) is 17.0 Å². The zero-order chi connectivity index (χ0) is 20.7. The van der Waals surface area contributed by atoms with E-state index in [0.717, 1.165) is 51.6 Å². The lowest BCUT2D eigenvalue weighted by Gasteiger charge is -2.26. The number of benzene rings is 2. The number of urea groups is 1. The third-order valence-corrected chi connectivity index (χ3v) is 6.48. The van der Waals surface area contributed by atoms with Crippen LogP contribution < -0.4 is 10.0 Å². The molecule has 0 aromatic heterocycles. The average Bonchev–Trinajstić information content (AvgIpc) is 2.74. The summed E-state index contributed by atoms with van der Waals surface area (Å²) >= 11 is 0. The fourth-order valence-electron chi connectivity index (χ4n) is 3.35. The van der Waals surface area contributed by atoms with Crippen molar-refractivity contribution in [2.45, 2.75) is 50.3 Å². The van der Waals surface area contributed by atoms with Gasteiger partial charge in [-0.05, 0) is 74.1 Å². The monoisotopic (exact) mass is 415 g/mol. The maximum absolute atomic E-state index is 12.6. The smallest absolute Gasteiger partial charge is 0.321 e. The summed E-state index contributed by atoms with van der Waals surface area (Å²) in [7, 11) is -3.68. The number of anilines is 2. The van der Waals surface area contributed by atoms with Gasteiger partial charge in [-0.1, -0.05) is 25.5 Å². The minimum Gasteiger partial charge on any atom is -0.325 e. The first-order valence-corrected chi connectivity index (χ1v) is 11.7. The molecule has 2 N–H and O–H groups in total. The number of hydrogen-bond acceptors (Lipinski definition) is 3. The van der Waals surface area contributed by atoms with Gasteiger partial charge in [0.15, 0.2) is 0 Å². The molecule has 2 aromatic carbocycles. The van der Waals surface area contributed by atoms with Crippen LogP contribution in [0.25, 0.3) is 0 Å². The fourth-order valence-corrected chi connectivity index (χ4v) is 4.41. The highest BCUT2D eigenvalue weighted by molar-refractivity contribution is 7.92. The van der Waals surface area contributed by atoms with Crippen molar-refractivity contribution >= 4 is 27.4 Å². The first kappa shape index (κ1) is 21.2. The van der Waals surface area contributed by atoms with Gasteiger partial charge in [-0.25, -0.2) is 13.2 Å². The molecule has 156 valence electrons. The van der Waals surface area contributed by atoms with Crippen LogP contribution in [0.1, 0.15) is 44.6 Å². The third kappa shape index (κ3) is 5.97. The Bertz CT molecular complexity index is 903. The molecule has 0 unspecified atom stereocenters. The van der Waals surface area contributed by atoms with E-state index in [-0.39, 0.29) is 10.9 Å². The van der Waals surface area contributed by atoms with E-state index in [1.165, 1.54) is 17.7 Å². The van der Waals surface area contributed by atoms with Gasteiger partial charge in [-0.3, -0.25) is 4.72 Å². The maximum atomic E-state index is 12.6. The van der Waals surface area contributed by atoms with Crippen LogP contribution in [-0.2, 0) is 16.4 Å². The van der Waals surface area contributed by atoms with Gasteiger partial charge in [0.05, 0.1) is 4.90 Å². The molecule has 1 aliphatic rings. The summed E-state index contributed by atoms with van der Waals surface area (Å²) in [5.41, 5.74) is 2.32. The molecule has 0 aliphatic carbocycles. The Hall–Kier alpha value is -2.54. The molecular formula is C22H29N3O3S. The van der Waals surface area contributed by atoms with E-state index in [9.17, 15) is 13.2 Å². The molecule has 29 heavy (non-hydrogen) atoms. The number of hydrogen-bond donors (Lipinski definition) is 2. The van der Waals surface area contributed by atoms with Crippen LogP contribution in [-0.4, -0.2) is 32.4 Å². The zero-order valence-electron chi connectivity index (χ0n) is 16.9. The van der Waals surface area contributed by atoms with E-state index in [1.807, 2.05) is 12.1 Å². The zero-order valence-corrected chi connectivity index (χ0v) is 17.7. The first-order valence-electron chi connectivity index (χ1n) is 10.3. The second-order valence-electron chi connectivity index (χ2n) is 7.41. The Kier molecular flexibility index (Phi) is 7.14. The van der Waals surface area contributed by atoms with E-state index in [1.54, 1.807) is 29.2 Å². The van der Waals surface area contributed by atoms with Crippen LogP contribution in [0.3, 0.4) is 0 Å². The number of unbranched alkanes of at least 4 members (excludes halogenated alkanes) is 1. The van der Waals surface area contributed by atoms with Crippen molar-refractivity contribution in [1.82, 2.24) is 4.90 Å². The number of rotatable bonds is 7. The molecule has 6 nitrogen and oxygen atoms in total. The molecule has 0 bridgehead atoms. The quantitative estimate of drug-likeness (QED) is 0.679. The highest BCUT2D eigenvalue weighted by Crippen LogP contribution is 2.20. The second-order valence-corrected chi connectivity index (χ2v) is 9.09. The van der Waals surface area contributed by atoms with Crippen molar-refractivity contribution in [3.8, 4) is 0 Å². The van der Waals surface area contributed by atoms with Crippen LogP contribution in [0.2, 0.25) is 0 Å². The lowest BCUT2D eigenvalue weighted by molar-refractivity contribution is 0.200. The normalized spacial score (nSPS) is 14.4. The van der Waals surface area contributed by atoms with Crippen molar-refractivity contribution < 1.29 is 13.2 Å². The number of carbonyl (C=O) groups excluding carboxylic acids is 1. The topological polar surface area (TPSA) is 78.5 Å². The second kappa shape index (κ2) is 9.78. The highest BCUT2D eigenvalue weighted by Gasteiger charge is 2.17. The van der Waals surface area contributed by atoms with Gasteiger partial charge < -0.3 is 10.2 Å². The number of sulfonamides is 1. The lowest BCUT2D eigenvalue weighted by atomic mass is 10.1. The largest absolute Gasteiger partial charge is 0.325 e. The molecule has 0 saturated carbocycles. The molecule has 2 aromatic rings. The standard InChI is InChI=1S/C22H29N3O3S/c1-2-3-7-18-8-10-20(11-9-18)24-29(27,28)21-14-12-19(13-15-21)23-22(26)25-16-5-4-6-17-25/h8-15,24H,2-7,16-17H2,1H3,(H,23,26). The van der Waals surface area contributed by atoms with Crippen LogP contribution >= 0.6 is 0 Å². The Labute approximate surface area is 173 Å². The number of aryl methyl sites for hydroxylation is 1. The predicted molar refractivity (Wildman–Crippen MR) is 117 cm³/mol. The molecule has 1 fully saturated rings. The first-order chi connectivity index (χ1) is 14.0. The van der Waals surface area contributed by atoms with E-state index >= 15 is 0 Å². The van der Waals surface area contributed by atoms with Crippen molar-refractivity contribution in [2.75, 3.05) is 23.1 Å². The molecule has 1 saturated heterocycles. The van der Waals surface area contributed by atoms with Gasteiger partial charge in [-0.15, -0.1) is 0 Å². The van der Waals surface area contributed by atoms with Gasteiger partial charge in [0.2, 0.25) is 0 Å². The van der Waals surface area contributed by atoms with E-state index in [4.69, 9.17) is 0 Å². The summed E-state index contributed by atoms with van der Waals surface area (Å²) in [5.74, 6) is 0. The Morgan fingerprint density at radius 2 is 1.55 bits per heavy atom. The Balaban J connectivity index is 1.61. The number of nitrogens with zero attached hydrogens (tertiary/aromatic N) is 1. The van der Waals surface area contributed by atoms with Crippen LogP contribution in [0.5, 0.6) is 0 Å². The lowest BCUT2D eigenvalue weighted by Crippen LogP contribution is -2.38. The number of likely N-dealkylation sites (tertiary alicyclic amines) is 1. The molecule has 2 amide bonds. The number of piperidine rings is 1. The summed E-state index contributed by atoms with van der Waals surface area (Å²) in [6, 6.07) is 13.6. The number of nitrogens with one attached hydrogen (secondary N) is 2. The summed E-state index contributed by atoms with van der Waals surface area (Å²) in [6.07, 6.45) is 6.44. The minimum absolute atomic E-state index is 0.137. The molecule has 1 aliphatic heterocycles. The average molecular weight is 416 g/mol. The van der Waals surface area contributed by atoms with Crippen LogP contribution in [0.4, 0.5) is 16.2 Å². The molecule has 7 heteroatoms. The van der Waals surface area contributed by atoms with E-state index in [0.29, 0.717) is 11.4 Å². The number of carbonyl (C=O) groups is 1. The summed E-state index contributed by atoms with van der Waals surface area (Å²) in [4.78, 5) is 14.2. The fraction of sp³-hybridized carbons (Fsp3) is 0.409. The summed E-state index contributed by atoms with van der Waals surface area (Å²) < 4.78 is 27.9. The molecule has 0 spiro atoms. The Morgan fingerprint density at radius 1 is 0.931 bits per heavy atom. The highest BCUT2D eigenvalue weighted by atomic mass is 32.2. The SMILES string of the molecule is CCCCc1ccc(NS(=O)(=O)c2ccc(NC(=O)N3CCCCC3)cc2)cc1. The van der Waals surface area contributed by atoms with Crippen LogP contribution in [0.15, 0.2) is 53.4 Å².